The minimum Gasteiger partial charge on any atom is -0.550 e. The summed E-state index contributed by atoms with van der Waals surface area (Å²) in [6, 6.07) is 0. The summed E-state index contributed by atoms with van der Waals surface area (Å²) in [7, 11) is 1.76. The van der Waals surface area contributed by atoms with Crippen molar-refractivity contribution in [2.45, 2.75) is 192 Å². The van der Waals surface area contributed by atoms with Gasteiger partial charge in [0.05, 0.1) is 66.6 Å². The van der Waals surface area contributed by atoms with Crippen LogP contribution in [-0.4, -0.2) is 102 Å². The molecule has 52 heavy (non-hydrogen) atoms. The Morgan fingerprint density at radius 3 is 2.25 bits per heavy atom. The number of rotatable bonds is 9. The predicted octanol–water partition coefficient (Wildman–Crippen LogP) is 1.37. The van der Waals surface area contributed by atoms with Crippen molar-refractivity contribution in [3.8, 4) is 0 Å². The maximum absolute atomic E-state index is 11.7. The molecule has 6 saturated heterocycles. The summed E-state index contributed by atoms with van der Waals surface area (Å²) in [5.74, 6) is -3.70. The van der Waals surface area contributed by atoms with Crippen molar-refractivity contribution in [3.05, 3.63) is 0 Å². The molecule has 6 rings (SSSR count). The van der Waals surface area contributed by atoms with Gasteiger partial charge in [-0.15, -0.1) is 0 Å². The third kappa shape index (κ3) is 7.85. The maximum atomic E-state index is 11.7. The fourth-order valence-electron chi connectivity index (χ4n) is 11.3. The summed E-state index contributed by atoms with van der Waals surface area (Å²) in [6.45, 7) is 18.3. The van der Waals surface area contributed by atoms with Crippen LogP contribution in [0.15, 0.2) is 0 Å². The average molecular weight is 747 g/mol. The average Bonchev–Trinajstić information content (AvgIpc) is 3.75. The molecule has 0 aromatic carbocycles. The Morgan fingerprint density at radius 1 is 0.885 bits per heavy atom. The van der Waals surface area contributed by atoms with Crippen LogP contribution in [0.2, 0.25) is 0 Å². The van der Waals surface area contributed by atoms with E-state index in [1.165, 1.54) is 0 Å². The zero-order chi connectivity index (χ0) is 37.3. The largest absolute Gasteiger partial charge is 1.00 e. The van der Waals surface area contributed by atoms with Crippen LogP contribution >= 0.6 is 0 Å². The fraction of sp³-hybridized carbons (Fsp3) is 0.975. The van der Waals surface area contributed by atoms with Crippen LogP contribution in [0.25, 0.3) is 0 Å². The van der Waals surface area contributed by atoms with Crippen LogP contribution < -0.4 is 34.7 Å². The first kappa shape index (κ1) is 43.2. The minimum absolute atomic E-state index is 0. The molecule has 6 aliphatic rings. The molecule has 0 bridgehead atoms. The number of carboxylic acid groups (broad SMARTS) is 1. The van der Waals surface area contributed by atoms with E-state index in [1.54, 1.807) is 14.0 Å². The van der Waals surface area contributed by atoms with E-state index in [2.05, 4.69) is 48.5 Å². The molecular weight excluding hydrogens is 679 g/mol. The molecule has 6 aliphatic heterocycles. The van der Waals surface area contributed by atoms with Crippen LogP contribution in [0.1, 0.15) is 120 Å². The molecule has 6 fully saturated rings. The van der Waals surface area contributed by atoms with Gasteiger partial charge in [0.25, 0.3) is 0 Å². The normalized spacial score (nSPS) is 53.2. The molecule has 1 unspecified atom stereocenters. The molecule has 11 nitrogen and oxygen atoms in total. The summed E-state index contributed by atoms with van der Waals surface area (Å²) in [4.78, 5) is 11.7. The van der Waals surface area contributed by atoms with Crippen LogP contribution in [-0.2, 0) is 38.0 Å². The Hall–Kier alpha value is 0.110. The SMILES string of the molecule is CO[C@@H]1C[C@@H](C[C@H]2CC[C@H](C)[C@H]([C@@H](C)C(=O)[O-])O2)O[C@]2(O[C@@](C)([C@H]3CC[C@@](C)(C4O[C@@H]([C@H]5O[C@@](O)(CO)[C@H](C)C[C@@H]5C)C[C@@H]4C)O3)C[C@H]2C)[C@@H]1C.[Na+]. The van der Waals surface area contributed by atoms with Gasteiger partial charge >= 0.3 is 29.6 Å². The van der Waals surface area contributed by atoms with E-state index in [4.69, 9.17) is 33.2 Å². The minimum atomic E-state index is -1.55. The number of ether oxygens (including phenoxy) is 7. The van der Waals surface area contributed by atoms with Gasteiger partial charge in [-0.3, -0.25) is 0 Å². The number of carboxylic acids is 1. The van der Waals surface area contributed by atoms with E-state index in [0.717, 1.165) is 51.4 Å². The Balaban J connectivity index is 0.00000523. The van der Waals surface area contributed by atoms with E-state index in [9.17, 15) is 20.1 Å². The van der Waals surface area contributed by atoms with E-state index in [-0.39, 0.29) is 114 Å². The van der Waals surface area contributed by atoms with E-state index < -0.39 is 41.3 Å². The first-order valence-corrected chi connectivity index (χ1v) is 20.0. The van der Waals surface area contributed by atoms with Crippen molar-refractivity contribution in [1.82, 2.24) is 0 Å². The van der Waals surface area contributed by atoms with Gasteiger partial charge in [0, 0.05) is 49.6 Å². The summed E-state index contributed by atoms with van der Waals surface area (Å²) in [5.41, 5.74) is -1.11. The molecule has 1 spiro atoms. The summed E-state index contributed by atoms with van der Waals surface area (Å²) in [5, 5.41) is 32.7. The molecular formula is C40H67NaO11. The molecule has 0 saturated carbocycles. The van der Waals surface area contributed by atoms with Crippen LogP contribution in [0, 0.1) is 41.4 Å². The monoisotopic (exact) mass is 746 g/mol. The fourth-order valence-corrected chi connectivity index (χ4v) is 11.3. The Morgan fingerprint density at radius 2 is 1.60 bits per heavy atom. The summed E-state index contributed by atoms with van der Waals surface area (Å²) in [6.07, 6.45) is 5.62. The smallest absolute Gasteiger partial charge is 0.550 e. The number of hydrogen-bond donors (Lipinski definition) is 2. The Kier molecular flexibility index (Phi) is 13.4. The second-order valence-electron chi connectivity index (χ2n) is 18.4. The molecule has 2 N–H and O–H groups in total. The predicted molar refractivity (Wildman–Crippen MR) is 186 cm³/mol. The van der Waals surface area contributed by atoms with E-state index in [0.29, 0.717) is 6.42 Å². The number of aliphatic hydroxyl groups is 2. The van der Waals surface area contributed by atoms with Crippen LogP contribution in [0.5, 0.6) is 0 Å². The number of hydrogen-bond acceptors (Lipinski definition) is 11. The first-order valence-electron chi connectivity index (χ1n) is 20.0. The summed E-state index contributed by atoms with van der Waals surface area (Å²) < 4.78 is 46.9. The first-order chi connectivity index (χ1) is 23.9. The van der Waals surface area contributed by atoms with Crippen molar-refractivity contribution < 1.29 is 82.8 Å². The van der Waals surface area contributed by atoms with Gasteiger partial charge in [0.2, 0.25) is 0 Å². The molecule has 12 heteroatoms. The van der Waals surface area contributed by atoms with Crippen molar-refractivity contribution in [1.29, 1.82) is 0 Å². The molecule has 19 atom stereocenters. The third-order valence-electron chi connectivity index (χ3n) is 14.4. The quantitative estimate of drug-likeness (QED) is 0.331. The molecule has 294 valence electrons. The number of aliphatic carboxylic acids is 1. The van der Waals surface area contributed by atoms with Gasteiger partial charge in [0.1, 0.15) is 0 Å². The third-order valence-corrected chi connectivity index (χ3v) is 14.4. The molecule has 0 aliphatic carbocycles. The molecule has 0 aromatic rings. The van der Waals surface area contributed by atoms with Crippen molar-refractivity contribution >= 4 is 5.97 Å². The topological polar surface area (TPSA) is 145 Å². The van der Waals surface area contributed by atoms with Crippen molar-refractivity contribution in [2.24, 2.45) is 41.4 Å². The van der Waals surface area contributed by atoms with Gasteiger partial charge in [0.15, 0.2) is 11.6 Å². The van der Waals surface area contributed by atoms with Crippen LogP contribution in [0.4, 0.5) is 0 Å². The van der Waals surface area contributed by atoms with Gasteiger partial charge in [-0.2, -0.15) is 0 Å². The zero-order valence-corrected chi connectivity index (χ0v) is 35.8. The van der Waals surface area contributed by atoms with Gasteiger partial charge in [-0.25, -0.2) is 0 Å². The standard InChI is InChI=1S/C40H68O11.Na/c1-21-11-12-28(46-33(21)26(6)36(42)43)17-29-18-30(45-10)27(7)40(48-29)25(5)19-38(9,51-40)32-13-14-37(8,49-32)35-23(3)16-31(47-35)34-22(2)15-24(4)39(44,20-41)50-34;/h21-35,41,44H,11-20H2,1-10H3,(H,42,43);/q;+1/p-1/t21-,22-,23-,24+,25+,26+,27+,28+,29+,30+,31+,32+,33+,34-,35?,37-,38+,39-,40+;/m0./s1. The Bertz CT molecular complexity index is 1240. The maximum Gasteiger partial charge on any atom is 1.00 e. The van der Waals surface area contributed by atoms with E-state index >= 15 is 0 Å². The molecule has 0 radical (unpaired) electrons. The van der Waals surface area contributed by atoms with Crippen LogP contribution in [0.3, 0.4) is 0 Å². The molecule has 0 aromatic heterocycles. The van der Waals surface area contributed by atoms with Gasteiger partial charge in [-0.1, -0.05) is 48.5 Å². The number of carbonyl (C=O) groups is 1. The van der Waals surface area contributed by atoms with Crippen molar-refractivity contribution in [2.75, 3.05) is 13.7 Å². The number of aliphatic hydroxyl groups excluding tert-OH is 1. The summed E-state index contributed by atoms with van der Waals surface area (Å²) >= 11 is 0. The number of methoxy groups -OCH3 is 1. The van der Waals surface area contributed by atoms with Crippen molar-refractivity contribution in [3.63, 3.8) is 0 Å². The second-order valence-corrected chi connectivity index (χ2v) is 18.4. The molecule has 6 heterocycles. The van der Waals surface area contributed by atoms with Gasteiger partial charge < -0.3 is 53.3 Å². The zero-order valence-electron chi connectivity index (χ0n) is 33.8. The van der Waals surface area contributed by atoms with Gasteiger partial charge in [-0.05, 0) is 76.5 Å². The number of carbonyl (C=O) groups excluding carboxylic acids is 1. The Labute approximate surface area is 334 Å². The second kappa shape index (κ2) is 16.2. The van der Waals surface area contributed by atoms with E-state index in [1.807, 2.05) is 6.92 Å². The molecule has 0 amide bonds.